The number of amides is 1. The maximum absolute atomic E-state index is 12.5. The van der Waals surface area contributed by atoms with E-state index in [-0.39, 0.29) is 5.91 Å². The van der Waals surface area contributed by atoms with Gasteiger partial charge >= 0.3 is 0 Å². The zero-order chi connectivity index (χ0) is 14.3. The number of anilines is 1. The van der Waals surface area contributed by atoms with E-state index in [1.54, 1.807) is 18.2 Å². The van der Waals surface area contributed by atoms with Crippen molar-refractivity contribution in [2.24, 2.45) is 0 Å². The summed E-state index contributed by atoms with van der Waals surface area (Å²) in [5, 5.41) is 3.21. The van der Waals surface area contributed by atoms with Gasteiger partial charge < -0.3 is 15.0 Å². The molecular weight excluding hydrogens is 242 g/mol. The van der Waals surface area contributed by atoms with E-state index in [0.29, 0.717) is 25.3 Å². The molecule has 106 valence electrons. The number of likely N-dealkylation sites (N-methyl/N-ethyl adjacent to an activating group) is 1. The number of carbonyl (C=O) groups excluding carboxylic acids is 1. The molecule has 0 atom stereocenters. The largest absolute Gasteiger partial charge is 0.385 e. The predicted octanol–water partition coefficient (Wildman–Crippen LogP) is 1.93. The van der Waals surface area contributed by atoms with E-state index in [4.69, 9.17) is 4.74 Å². The van der Waals surface area contributed by atoms with Crippen molar-refractivity contribution in [2.45, 2.75) is 20.8 Å². The molecule has 0 radical (unpaired) electrons. The first-order valence-corrected chi connectivity index (χ1v) is 6.62. The lowest BCUT2D eigenvalue weighted by atomic mass is 10.1. The standard InChI is InChI=1S/C14H23N3O2/c1-5-15-13-9-11(3)16-10-12(13)14(18)17(6-2)7-8-19-4/h9-10H,5-8H2,1-4H3,(H,15,16). The van der Waals surface area contributed by atoms with Gasteiger partial charge in [0.25, 0.3) is 5.91 Å². The van der Waals surface area contributed by atoms with Crippen LogP contribution in [0.25, 0.3) is 0 Å². The first-order chi connectivity index (χ1) is 9.13. The zero-order valence-corrected chi connectivity index (χ0v) is 12.2. The van der Waals surface area contributed by atoms with E-state index in [1.165, 1.54) is 0 Å². The summed E-state index contributed by atoms with van der Waals surface area (Å²) in [6.45, 7) is 8.43. The number of nitrogens with zero attached hydrogens (tertiary/aromatic N) is 2. The van der Waals surface area contributed by atoms with Crippen LogP contribution in [0.1, 0.15) is 29.9 Å². The summed E-state index contributed by atoms with van der Waals surface area (Å²) in [5.74, 6) is -0.0111. The minimum atomic E-state index is -0.0111. The number of carbonyl (C=O) groups is 1. The highest BCUT2D eigenvalue weighted by Gasteiger charge is 2.18. The number of rotatable bonds is 7. The Kier molecular flexibility index (Phi) is 6.29. The van der Waals surface area contributed by atoms with Crippen molar-refractivity contribution in [1.29, 1.82) is 0 Å². The van der Waals surface area contributed by atoms with E-state index < -0.39 is 0 Å². The summed E-state index contributed by atoms with van der Waals surface area (Å²) >= 11 is 0. The van der Waals surface area contributed by atoms with Crippen LogP contribution in [-0.2, 0) is 4.74 Å². The van der Waals surface area contributed by atoms with Gasteiger partial charge in [-0.1, -0.05) is 0 Å². The Morgan fingerprint density at radius 1 is 1.47 bits per heavy atom. The topological polar surface area (TPSA) is 54.5 Å². The minimum absolute atomic E-state index is 0.0111. The molecule has 1 rings (SSSR count). The fourth-order valence-electron chi connectivity index (χ4n) is 1.84. The van der Waals surface area contributed by atoms with Crippen molar-refractivity contribution in [2.75, 3.05) is 38.7 Å². The van der Waals surface area contributed by atoms with Crippen LogP contribution in [0.15, 0.2) is 12.3 Å². The molecule has 1 amide bonds. The van der Waals surface area contributed by atoms with Crippen molar-refractivity contribution >= 4 is 11.6 Å². The molecule has 0 spiro atoms. The molecule has 5 nitrogen and oxygen atoms in total. The highest BCUT2D eigenvalue weighted by molar-refractivity contribution is 5.99. The molecule has 0 saturated carbocycles. The molecule has 1 N–H and O–H groups in total. The normalized spacial score (nSPS) is 10.3. The van der Waals surface area contributed by atoms with Crippen LogP contribution in [0.2, 0.25) is 0 Å². The number of hydrogen-bond donors (Lipinski definition) is 1. The second-order valence-corrected chi connectivity index (χ2v) is 4.28. The average molecular weight is 265 g/mol. The van der Waals surface area contributed by atoms with Crippen LogP contribution in [0.3, 0.4) is 0 Å². The summed E-state index contributed by atoms with van der Waals surface area (Å²) in [5.41, 5.74) is 2.36. The molecule has 0 aliphatic carbocycles. The van der Waals surface area contributed by atoms with Crippen LogP contribution in [0.4, 0.5) is 5.69 Å². The smallest absolute Gasteiger partial charge is 0.257 e. The molecule has 0 saturated heterocycles. The molecule has 5 heteroatoms. The Balaban J connectivity index is 2.96. The predicted molar refractivity (Wildman–Crippen MR) is 76.6 cm³/mol. The molecule has 1 heterocycles. The summed E-state index contributed by atoms with van der Waals surface area (Å²) in [6.07, 6.45) is 1.64. The number of methoxy groups -OCH3 is 1. The Bertz CT molecular complexity index is 421. The second kappa shape index (κ2) is 7.74. The Morgan fingerprint density at radius 2 is 2.21 bits per heavy atom. The maximum atomic E-state index is 12.5. The minimum Gasteiger partial charge on any atom is -0.385 e. The van der Waals surface area contributed by atoms with Crippen LogP contribution < -0.4 is 5.32 Å². The van der Waals surface area contributed by atoms with Gasteiger partial charge in [-0.25, -0.2) is 0 Å². The first-order valence-electron chi connectivity index (χ1n) is 6.62. The summed E-state index contributed by atoms with van der Waals surface area (Å²) < 4.78 is 5.03. The van der Waals surface area contributed by atoms with Crippen molar-refractivity contribution in [3.63, 3.8) is 0 Å². The second-order valence-electron chi connectivity index (χ2n) is 4.28. The number of aromatic nitrogens is 1. The molecular formula is C14H23N3O2. The van der Waals surface area contributed by atoms with Gasteiger partial charge in [-0.05, 0) is 26.8 Å². The summed E-state index contributed by atoms with van der Waals surface area (Å²) in [4.78, 5) is 18.5. The van der Waals surface area contributed by atoms with E-state index in [1.807, 2.05) is 26.8 Å². The molecule has 0 fully saturated rings. The summed E-state index contributed by atoms with van der Waals surface area (Å²) in [7, 11) is 1.63. The number of nitrogens with one attached hydrogen (secondary N) is 1. The lowest BCUT2D eigenvalue weighted by Crippen LogP contribution is -2.34. The Hall–Kier alpha value is -1.62. The summed E-state index contributed by atoms with van der Waals surface area (Å²) in [6, 6.07) is 1.90. The number of ether oxygens (including phenoxy) is 1. The number of aryl methyl sites for hydroxylation is 1. The number of hydrogen-bond acceptors (Lipinski definition) is 4. The Morgan fingerprint density at radius 3 is 2.79 bits per heavy atom. The van der Waals surface area contributed by atoms with Gasteiger partial charge in [-0.3, -0.25) is 9.78 Å². The average Bonchev–Trinajstić information content (AvgIpc) is 2.40. The molecule has 1 aromatic rings. The third-order valence-electron chi connectivity index (χ3n) is 2.87. The van der Waals surface area contributed by atoms with Crippen molar-refractivity contribution in [1.82, 2.24) is 9.88 Å². The van der Waals surface area contributed by atoms with Gasteiger partial charge in [0.15, 0.2) is 0 Å². The van der Waals surface area contributed by atoms with E-state index in [2.05, 4.69) is 10.3 Å². The highest BCUT2D eigenvalue weighted by atomic mass is 16.5. The van der Waals surface area contributed by atoms with E-state index in [9.17, 15) is 4.79 Å². The molecule has 19 heavy (non-hydrogen) atoms. The van der Waals surface area contributed by atoms with Gasteiger partial charge in [0.1, 0.15) is 0 Å². The molecule has 0 unspecified atom stereocenters. The van der Waals surface area contributed by atoms with E-state index >= 15 is 0 Å². The third-order valence-corrected chi connectivity index (χ3v) is 2.87. The monoisotopic (exact) mass is 265 g/mol. The van der Waals surface area contributed by atoms with Crippen LogP contribution >= 0.6 is 0 Å². The molecule has 0 aliphatic heterocycles. The van der Waals surface area contributed by atoms with Gasteiger partial charge in [0, 0.05) is 38.6 Å². The quantitative estimate of drug-likeness (QED) is 0.818. The van der Waals surface area contributed by atoms with Gasteiger partial charge in [-0.2, -0.15) is 0 Å². The first kappa shape index (κ1) is 15.4. The lowest BCUT2D eigenvalue weighted by Gasteiger charge is -2.22. The molecule has 0 bridgehead atoms. The Labute approximate surface area is 115 Å². The van der Waals surface area contributed by atoms with Crippen LogP contribution in [0, 0.1) is 6.92 Å². The lowest BCUT2D eigenvalue weighted by molar-refractivity contribution is 0.0707. The van der Waals surface area contributed by atoms with Crippen molar-refractivity contribution < 1.29 is 9.53 Å². The third kappa shape index (κ3) is 4.21. The SMILES string of the molecule is CCNc1cc(C)ncc1C(=O)N(CC)CCOC. The number of pyridine rings is 1. The fourth-order valence-corrected chi connectivity index (χ4v) is 1.84. The van der Waals surface area contributed by atoms with Crippen LogP contribution in [0.5, 0.6) is 0 Å². The molecule has 0 aliphatic rings. The van der Waals surface area contributed by atoms with Crippen molar-refractivity contribution in [3.8, 4) is 0 Å². The van der Waals surface area contributed by atoms with Gasteiger partial charge in [-0.15, -0.1) is 0 Å². The maximum Gasteiger partial charge on any atom is 0.257 e. The highest BCUT2D eigenvalue weighted by Crippen LogP contribution is 2.17. The van der Waals surface area contributed by atoms with Gasteiger partial charge in [0.2, 0.25) is 0 Å². The molecule has 1 aromatic heterocycles. The zero-order valence-electron chi connectivity index (χ0n) is 12.2. The van der Waals surface area contributed by atoms with Gasteiger partial charge in [0.05, 0.1) is 17.9 Å². The molecule has 0 aromatic carbocycles. The van der Waals surface area contributed by atoms with E-state index in [0.717, 1.165) is 17.9 Å². The fraction of sp³-hybridized carbons (Fsp3) is 0.571. The van der Waals surface area contributed by atoms with Crippen molar-refractivity contribution in [3.05, 3.63) is 23.5 Å². The van der Waals surface area contributed by atoms with Crippen LogP contribution in [-0.4, -0.2) is 49.1 Å².